The molecule has 3 aromatic rings. The van der Waals surface area contributed by atoms with E-state index in [1.807, 2.05) is 12.1 Å². The molecule has 5 heteroatoms. The highest BCUT2D eigenvalue weighted by atomic mass is 19.1. The van der Waals surface area contributed by atoms with E-state index in [1.54, 1.807) is 49.4 Å². The second-order valence-corrected chi connectivity index (χ2v) is 5.78. The van der Waals surface area contributed by atoms with Gasteiger partial charge in [-0.2, -0.15) is 0 Å². The van der Waals surface area contributed by atoms with Crippen LogP contribution in [0.15, 0.2) is 66.7 Å². The highest BCUT2D eigenvalue weighted by molar-refractivity contribution is 5.97. The number of ketones is 1. The molecule has 0 saturated heterocycles. The van der Waals surface area contributed by atoms with Crippen molar-refractivity contribution in [2.24, 2.45) is 0 Å². The first kappa shape index (κ1) is 17.8. The molecule has 4 nitrogen and oxygen atoms in total. The number of ether oxygens (including phenoxy) is 1. The van der Waals surface area contributed by atoms with Crippen molar-refractivity contribution in [1.82, 2.24) is 4.98 Å². The molecule has 0 bridgehead atoms. The van der Waals surface area contributed by atoms with Crippen LogP contribution in [0.25, 0.3) is 11.3 Å². The fourth-order valence-corrected chi connectivity index (χ4v) is 2.42. The normalized spacial score (nSPS) is 11.8. The van der Waals surface area contributed by atoms with Crippen molar-refractivity contribution in [2.75, 3.05) is 0 Å². The lowest BCUT2D eigenvalue weighted by Gasteiger charge is -2.09. The van der Waals surface area contributed by atoms with Gasteiger partial charge in [-0.05, 0) is 67.1 Å². The van der Waals surface area contributed by atoms with Gasteiger partial charge >= 0.3 is 0 Å². The average molecular weight is 351 g/mol. The average Bonchev–Trinajstić information content (AvgIpc) is 2.69. The number of nitrogens with zero attached hydrogens (tertiary/aromatic N) is 1. The first-order chi connectivity index (χ1) is 12.6. The van der Waals surface area contributed by atoms with Crippen molar-refractivity contribution in [3.63, 3.8) is 0 Å². The van der Waals surface area contributed by atoms with Gasteiger partial charge in [0.05, 0.1) is 5.69 Å². The van der Waals surface area contributed by atoms with E-state index in [2.05, 4.69) is 4.98 Å². The molecule has 0 radical (unpaired) electrons. The maximum absolute atomic E-state index is 12.9. The Hall–Kier alpha value is -3.05. The number of carbonyl (C=O) groups is 1. The number of halogens is 1. The number of aromatic nitrogens is 1. The molecule has 132 valence electrons. The van der Waals surface area contributed by atoms with E-state index in [0.29, 0.717) is 23.6 Å². The van der Waals surface area contributed by atoms with Crippen LogP contribution in [0.5, 0.6) is 11.5 Å². The number of carbonyl (C=O) groups excluding carboxylic acids is 1. The first-order valence-electron chi connectivity index (χ1n) is 8.30. The van der Waals surface area contributed by atoms with Gasteiger partial charge in [-0.25, -0.2) is 9.37 Å². The molecule has 1 N–H and O–H groups in total. The molecule has 3 rings (SSSR count). The zero-order chi connectivity index (χ0) is 18.5. The second-order valence-electron chi connectivity index (χ2n) is 5.78. The lowest BCUT2D eigenvalue weighted by molar-refractivity contribution is 0.0735. The quantitative estimate of drug-likeness (QED) is 0.658. The predicted molar refractivity (Wildman–Crippen MR) is 96.8 cm³/mol. The molecule has 1 heterocycles. The molecule has 0 unspecified atom stereocenters. The van der Waals surface area contributed by atoms with Crippen LogP contribution in [0.2, 0.25) is 0 Å². The maximum atomic E-state index is 12.9. The molecule has 1 atom stereocenters. The van der Waals surface area contributed by atoms with E-state index < -0.39 is 6.10 Å². The molecule has 0 aliphatic heterocycles. The van der Waals surface area contributed by atoms with E-state index in [4.69, 9.17) is 4.74 Å². The minimum atomic E-state index is -1.04. The van der Waals surface area contributed by atoms with E-state index in [1.165, 1.54) is 12.1 Å². The summed E-state index contributed by atoms with van der Waals surface area (Å²) in [7, 11) is 0. The van der Waals surface area contributed by atoms with Gasteiger partial charge in [0, 0.05) is 5.56 Å². The minimum Gasteiger partial charge on any atom is -0.457 e. The SMILES string of the molecule is CC[C@H](O)C(=O)c1cccc(-c2ccc(Oc3ccc(F)cc3)cc2)n1. The van der Waals surface area contributed by atoms with Gasteiger partial charge < -0.3 is 9.84 Å². The molecule has 0 spiro atoms. The summed E-state index contributed by atoms with van der Waals surface area (Å²) in [6, 6.07) is 18.1. The molecule has 0 aliphatic rings. The number of aliphatic hydroxyl groups is 1. The third-order valence-corrected chi connectivity index (χ3v) is 3.89. The number of aliphatic hydroxyl groups excluding tert-OH is 1. The summed E-state index contributed by atoms with van der Waals surface area (Å²) in [5, 5.41) is 9.71. The van der Waals surface area contributed by atoms with Crippen LogP contribution in [0.1, 0.15) is 23.8 Å². The fourth-order valence-electron chi connectivity index (χ4n) is 2.42. The third kappa shape index (κ3) is 4.13. The zero-order valence-corrected chi connectivity index (χ0v) is 14.2. The predicted octanol–water partition coefficient (Wildman–Crippen LogP) is 4.63. The summed E-state index contributed by atoms with van der Waals surface area (Å²) in [4.78, 5) is 16.4. The highest BCUT2D eigenvalue weighted by Crippen LogP contribution is 2.25. The summed E-state index contributed by atoms with van der Waals surface area (Å²) >= 11 is 0. The Morgan fingerprint density at radius 2 is 1.65 bits per heavy atom. The molecule has 0 saturated carbocycles. The van der Waals surface area contributed by atoms with Crippen molar-refractivity contribution in [3.8, 4) is 22.8 Å². The number of pyridine rings is 1. The van der Waals surface area contributed by atoms with Crippen molar-refractivity contribution < 1.29 is 19.0 Å². The van der Waals surface area contributed by atoms with Crippen molar-refractivity contribution >= 4 is 5.78 Å². The van der Waals surface area contributed by atoms with Crippen LogP contribution < -0.4 is 4.74 Å². The summed E-state index contributed by atoms with van der Waals surface area (Å²) < 4.78 is 18.6. The third-order valence-electron chi connectivity index (χ3n) is 3.89. The van der Waals surface area contributed by atoms with Gasteiger partial charge in [-0.3, -0.25) is 4.79 Å². The first-order valence-corrected chi connectivity index (χ1v) is 8.30. The number of rotatable bonds is 6. The van der Waals surface area contributed by atoms with Gasteiger partial charge in [0.1, 0.15) is 29.1 Å². The Labute approximate surface area is 150 Å². The number of hydrogen-bond acceptors (Lipinski definition) is 4. The number of benzene rings is 2. The van der Waals surface area contributed by atoms with E-state index >= 15 is 0 Å². The largest absolute Gasteiger partial charge is 0.457 e. The van der Waals surface area contributed by atoms with Crippen molar-refractivity contribution in [3.05, 3.63) is 78.2 Å². The Kier molecular flexibility index (Phi) is 5.39. The van der Waals surface area contributed by atoms with Gasteiger partial charge in [0.2, 0.25) is 5.78 Å². The van der Waals surface area contributed by atoms with Crippen molar-refractivity contribution in [2.45, 2.75) is 19.4 Å². The van der Waals surface area contributed by atoms with Gasteiger partial charge in [-0.15, -0.1) is 0 Å². The summed E-state index contributed by atoms with van der Waals surface area (Å²) in [5.74, 6) is 0.444. The molecule has 2 aromatic carbocycles. The Balaban J connectivity index is 1.78. The van der Waals surface area contributed by atoms with Crippen molar-refractivity contribution in [1.29, 1.82) is 0 Å². The van der Waals surface area contributed by atoms with Crippen LogP contribution in [-0.2, 0) is 0 Å². The monoisotopic (exact) mass is 351 g/mol. The maximum Gasteiger partial charge on any atom is 0.209 e. The molecule has 1 aromatic heterocycles. The van der Waals surface area contributed by atoms with Crippen LogP contribution in [0, 0.1) is 5.82 Å². The highest BCUT2D eigenvalue weighted by Gasteiger charge is 2.16. The number of hydrogen-bond donors (Lipinski definition) is 1. The van der Waals surface area contributed by atoms with Crippen LogP contribution in [-0.4, -0.2) is 22.0 Å². The van der Waals surface area contributed by atoms with Crippen LogP contribution in [0.4, 0.5) is 4.39 Å². The summed E-state index contributed by atoms with van der Waals surface area (Å²) in [5.41, 5.74) is 1.69. The molecule has 0 amide bonds. The van der Waals surface area contributed by atoms with Gasteiger partial charge in [0.25, 0.3) is 0 Å². The van der Waals surface area contributed by atoms with E-state index in [0.717, 1.165) is 5.56 Å². The molecule has 26 heavy (non-hydrogen) atoms. The summed E-state index contributed by atoms with van der Waals surface area (Å²) in [6.07, 6.45) is -0.690. The standard InChI is InChI=1S/C21H18FNO3/c1-2-20(24)21(25)19-5-3-4-18(23-19)14-6-10-16(11-7-14)26-17-12-8-15(22)9-13-17/h3-13,20,24H,2H2,1H3/t20-/m0/s1. The van der Waals surface area contributed by atoms with E-state index in [9.17, 15) is 14.3 Å². The topological polar surface area (TPSA) is 59.4 Å². The van der Waals surface area contributed by atoms with E-state index in [-0.39, 0.29) is 17.3 Å². The zero-order valence-electron chi connectivity index (χ0n) is 14.2. The lowest BCUT2D eigenvalue weighted by atomic mass is 10.1. The molecule has 0 fully saturated rings. The van der Waals surface area contributed by atoms with Crippen LogP contribution >= 0.6 is 0 Å². The molecular formula is C21H18FNO3. The Morgan fingerprint density at radius 3 is 2.27 bits per heavy atom. The van der Waals surface area contributed by atoms with Gasteiger partial charge in [-0.1, -0.05) is 13.0 Å². The Morgan fingerprint density at radius 1 is 1.04 bits per heavy atom. The molecular weight excluding hydrogens is 333 g/mol. The van der Waals surface area contributed by atoms with Gasteiger partial charge in [0.15, 0.2) is 0 Å². The summed E-state index contributed by atoms with van der Waals surface area (Å²) in [6.45, 7) is 1.74. The lowest BCUT2D eigenvalue weighted by Crippen LogP contribution is -2.20. The Bertz CT molecular complexity index is 892. The fraction of sp³-hybridized carbons (Fsp3) is 0.143. The van der Waals surface area contributed by atoms with Crippen LogP contribution in [0.3, 0.4) is 0 Å². The minimum absolute atomic E-state index is 0.239. The smallest absolute Gasteiger partial charge is 0.209 e. The number of Topliss-reactive ketones (excluding diaryl/α,β-unsaturated/α-hetero) is 1. The second kappa shape index (κ2) is 7.89. The molecule has 0 aliphatic carbocycles.